The highest BCUT2D eigenvalue weighted by Crippen LogP contribution is 2.29. The topological polar surface area (TPSA) is 29.3 Å². The lowest BCUT2D eigenvalue weighted by molar-refractivity contribution is 0.547. The van der Waals surface area contributed by atoms with Crippen LogP contribution in [0.5, 0.6) is 0 Å². The molecule has 2 N–H and O–H groups in total. The highest BCUT2D eigenvalue weighted by Gasteiger charge is 2.17. The van der Waals surface area contributed by atoms with Gasteiger partial charge in [0.25, 0.3) is 0 Å². The van der Waals surface area contributed by atoms with E-state index in [1.54, 1.807) is 0 Å². The number of hydrogen-bond acceptors (Lipinski definition) is 2. The van der Waals surface area contributed by atoms with E-state index in [-0.39, 0.29) is 6.04 Å². The molecule has 19 heavy (non-hydrogen) atoms. The first-order valence-electron chi connectivity index (χ1n) is 7.31. The molecule has 0 radical (unpaired) electrons. The first-order chi connectivity index (χ1) is 9.06. The molecule has 0 spiro atoms. The van der Waals surface area contributed by atoms with Gasteiger partial charge in [0.2, 0.25) is 0 Å². The molecule has 1 unspecified atom stereocenters. The average Bonchev–Trinajstić information content (AvgIpc) is 2.84. The van der Waals surface area contributed by atoms with Crippen LogP contribution in [0.3, 0.4) is 0 Å². The molecule has 1 fully saturated rings. The maximum Gasteiger partial charge on any atom is 0.0375 e. The first-order valence-corrected chi connectivity index (χ1v) is 8.10. The third-order valence-electron chi connectivity index (χ3n) is 4.03. The van der Waals surface area contributed by atoms with Crippen molar-refractivity contribution in [2.45, 2.75) is 45.1 Å². The summed E-state index contributed by atoms with van der Waals surface area (Å²) in [5, 5.41) is 0. The van der Waals surface area contributed by atoms with Gasteiger partial charge in [0.15, 0.2) is 0 Å². The average molecular weight is 325 g/mol. The van der Waals surface area contributed by atoms with Crippen LogP contribution >= 0.6 is 15.9 Å². The summed E-state index contributed by atoms with van der Waals surface area (Å²) in [6.07, 6.45) is 6.54. The molecule has 0 amide bonds. The van der Waals surface area contributed by atoms with Crippen LogP contribution in [0.15, 0.2) is 22.7 Å². The van der Waals surface area contributed by atoms with E-state index in [1.165, 1.54) is 48.0 Å². The van der Waals surface area contributed by atoms with Gasteiger partial charge in [-0.05, 0) is 49.8 Å². The molecule has 1 aromatic rings. The molecule has 106 valence electrons. The van der Waals surface area contributed by atoms with Gasteiger partial charge in [0.1, 0.15) is 0 Å². The van der Waals surface area contributed by atoms with Gasteiger partial charge in [-0.15, -0.1) is 0 Å². The van der Waals surface area contributed by atoms with Gasteiger partial charge in [-0.3, -0.25) is 0 Å². The Bertz CT molecular complexity index is 411. The molecule has 1 aromatic carbocycles. The van der Waals surface area contributed by atoms with Crippen LogP contribution in [0, 0.1) is 5.92 Å². The summed E-state index contributed by atoms with van der Waals surface area (Å²) in [4.78, 5) is 2.39. The molecule has 2 rings (SSSR count). The standard InChI is InChI=1S/C16H25BrN2/c1-12(18)9-14-7-8-15(10-16(14)17)19(2)11-13-5-3-4-6-13/h7-8,10,12-13H,3-6,9,11,18H2,1-2H3. The molecule has 1 aliphatic carbocycles. The Labute approximate surface area is 125 Å². The van der Waals surface area contributed by atoms with Crippen LogP contribution in [0.4, 0.5) is 5.69 Å². The van der Waals surface area contributed by atoms with Crippen molar-refractivity contribution >= 4 is 21.6 Å². The minimum atomic E-state index is 0.207. The molecular weight excluding hydrogens is 300 g/mol. The zero-order chi connectivity index (χ0) is 13.8. The van der Waals surface area contributed by atoms with E-state index >= 15 is 0 Å². The monoisotopic (exact) mass is 324 g/mol. The number of benzene rings is 1. The van der Waals surface area contributed by atoms with Crippen molar-refractivity contribution in [2.75, 3.05) is 18.5 Å². The zero-order valence-corrected chi connectivity index (χ0v) is 13.6. The third kappa shape index (κ3) is 4.22. The van der Waals surface area contributed by atoms with E-state index < -0.39 is 0 Å². The molecule has 0 bridgehead atoms. The summed E-state index contributed by atoms with van der Waals surface area (Å²) in [6.45, 7) is 3.23. The molecule has 0 aromatic heterocycles. The van der Waals surface area contributed by atoms with Gasteiger partial charge in [-0.25, -0.2) is 0 Å². The smallest absolute Gasteiger partial charge is 0.0375 e. The highest BCUT2D eigenvalue weighted by molar-refractivity contribution is 9.10. The van der Waals surface area contributed by atoms with E-state index in [2.05, 4.69) is 46.1 Å². The van der Waals surface area contributed by atoms with E-state index in [0.29, 0.717) is 0 Å². The number of halogens is 1. The summed E-state index contributed by atoms with van der Waals surface area (Å²) >= 11 is 3.67. The normalized spacial score (nSPS) is 17.7. The Morgan fingerprint density at radius 2 is 2.05 bits per heavy atom. The summed E-state index contributed by atoms with van der Waals surface area (Å²) in [5.74, 6) is 0.882. The van der Waals surface area contributed by atoms with Crippen molar-refractivity contribution in [1.82, 2.24) is 0 Å². The predicted octanol–water partition coefficient (Wildman–Crippen LogP) is 3.97. The van der Waals surface area contributed by atoms with Crippen molar-refractivity contribution in [3.05, 3.63) is 28.2 Å². The van der Waals surface area contributed by atoms with Gasteiger partial charge in [0, 0.05) is 29.8 Å². The quantitative estimate of drug-likeness (QED) is 0.888. The second kappa shape index (κ2) is 6.76. The first kappa shape index (κ1) is 14.9. The molecule has 1 saturated carbocycles. The molecule has 3 heteroatoms. The molecule has 1 atom stereocenters. The van der Waals surface area contributed by atoms with E-state index in [9.17, 15) is 0 Å². The van der Waals surface area contributed by atoms with Crippen LogP contribution < -0.4 is 10.6 Å². The third-order valence-corrected chi connectivity index (χ3v) is 4.76. The summed E-state index contributed by atoms with van der Waals surface area (Å²) in [6, 6.07) is 6.86. The molecule has 0 heterocycles. The van der Waals surface area contributed by atoms with Crippen LogP contribution in [-0.4, -0.2) is 19.6 Å². The van der Waals surface area contributed by atoms with Gasteiger partial charge < -0.3 is 10.6 Å². The van der Waals surface area contributed by atoms with E-state index in [0.717, 1.165) is 12.3 Å². The number of rotatable bonds is 5. The Kier molecular flexibility index (Phi) is 5.28. The minimum Gasteiger partial charge on any atom is -0.374 e. The maximum atomic E-state index is 5.87. The van der Waals surface area contributed by atoms with Crippen molar-refractivity contribution < 1.29 is 0 Å². The van der Waals surface area contributed by atoms with E-state index in [1.807, 2.05) is 6.92 Å². The fraction of sp³-hybridized carbons (Fsp3) is 0.625. The molecule has 0 aliphatic heterocycles. The van der Waals surface area contributed by atoms with Crippen molar-refractivity contribution in [3.63, 3.8) is 0 Å². The lowest BCUT2D eigenvalue weighted by Gasteiger charge is -2.24. The van der Waals surface area contributed by atoms with Crippen molar-refractivity contribution in [1.29, 1.82) is 0 Å². The highest BCUT2D eigenvalue weighted by atomic mass is 79.9. The van der Waals surface area contributed by atoms with Crippen molar-refractivity contribution in [2.24, 2.45) is 11.7 Å². The van der Waals surface area contributed by atoms with Gasteiger partial charge in [0.05, 0.1) is 0 Å². The lowest BCUT2D eigenvalue weighted by atomic mass is 10.1. The van der Waals surface area contributed by atoms with Gasteiger partial charge in [-0.1, -0.05) is 34.8 Å². The molecule has 0 saturated heterocycles. The predicted molar refractivity (Wildman–Crippen MR) is 86.7 cm³/mol. The van der Waals surface area contributed by atoms with Gasteiger partial charge >= 0.3 is 0 Å². The number of hydrogen-bond donors (Lipinski definition) is 1. The van der Waals surface area contributed by atoms with Gasteiger partial charge in [-0.2, -0.15) is 0 Å². The largest absolute Gasteiger partial charge is 0.374 e. The van der Waals surface area contributed by atoms with E-state index in [4.69, 9.17) is 5.73 Å². The molecular formula is C16H25BrN2. The second-order valence-corrected chi connectivity index (χ2v) is 6.84. The Morgan fingerprint density at radius 1 is 1.37 bits per heavy atom. The Hall–Kier alpha value is -0.540. The fourth-order valence-corrected chi connectivity index (χ4v) is 3.50. The van der Waals surface area contributed by atoms with Crippen LogP contribution in [0.1, 0.15) is 38.2 Å². The second-order valence-electron chi connectivity index (χ2n) is 5.99. The molecule has 2 nitrogen and oxygen atoms in total. The van der Waals surface area contributed by atoms with Crippen LogP contribution in [0.2, 0.25) is 0 Å². The number of nitrogens with zero attached hydrogens (tertiary/aromatic N) is 1. The van der Waals surface area contributed by atoms with Crippen molar-refractivity contribution in [3.8, 4) is 0 Å². The summed E-state index contributed by atoms with van der Waals surface area (Å²) < 4.78 is 1.18. The summed E-state index contributed by atoms with van der Waals surface area (Å²) in [7, 11) is 2.20. The number of anilines is 1. The number of nitrogens with two attached hydrogens (primary N) is 1. The Morgan fingerprint density at radius 3 is 2.63 bits per heavy atom. The van der Waals surface area contributed by atoms with Crippen LogP contribution in [-0.2, 0) is 6.42 Å². The maximum absolute atomic E-state index is 5.87. The fourth-order valence-electron chi connectivity index (χ4n) is 2.97. The zero-order valence-electron chi connectivity index (χ0n) is 12.0. The summed E-state index contributed by atoms with van der Waals surface area (Å²) in [5.41, 5.74) is 8.47. The Balaban J connectivity index is 2.01. The van der Waals surface area contributed by atoms with Crippen LogP contribution in [0.25, 0.3) is 0 Å². The minimum absolute atomic E-state index is 0.207. The SMILES string of the molecule is CC(N)Cc1ccc(N(C)CC2CCCC2)cc1Br. The lowest BCUT2D eigenvalue weighted by Crippen LogP contribution is -2.24. The molecule has 1 aliphatic rings.